The van der Waals surface area contributed by atoms with E-state index in [0.717, 1.165) is 16.4 Å². The Morgan fingerprint density at radius 2 is 1.67 bits per heavy atom. The lowest BCUT2D eigenvalue weighted by atomic mass is 10.0. The minimum absolute atomic E-state index is 0.0261. The minimum atomic E-state index is -4.04. The largest absolute Gasteiger partial charge is 0.395 e. The first-order valence-corrected chi connectivity index (χ1v) is 11.9. The molecule has 0 saturated heterocycles. The summed E-state index contributed by atoms with van der Waals surface area (Å²) in [4.78, 5) is 13.9. The molecule has 0 radical (unpaired) electrons. The number of amides is 1. The lowest BCUT2D eigenvalue weighted by molar-refractivity contribution is 0.0220. The summed E-state index contributed by atoms with van der Waals surface area (Å²) < 4.78 is 60.3. The smallest absolute Gasteiger partial charge is 0.256 e. The first-order chi connectivity index (χ1) is 15.5. The molecule has 3 atom stereocenters. The van der Waals surface area contributed by atoms with Crippen LogP contribution in [0.1, 0.15) is 24.2 Å². The summed E-state index contributed by atoms with van der Waals surface area (Å²) >= 11 is 0. The fraction of sp³-hybridized carbons (Fsp3) is 0.435. The van der Waals surface area contributed by atoms with Gasteiger partial charge in [0.15, 0.2) is 0 Å². The Morgan fingerprint density at radius 1 is 1.06 bits per heavy atom. The summed E-state index contributed by atoms with van der Waals surface area (Å²) in [5, 5.41) is 9.65. The lowest BCUT2D eigenvalue weighted by Crippen LogP contribution is -2.47. The van der Waals surface area contributed by atoms with Gasteiger partial charge in [0.25, 0.3) is 5.91 Å². The van der Waals surface area contributed by atoms with Crippen molar-refractivity contribution in [2.45, 2.75) is 30.9 Å². The molecule has 0 unspecified atom stereocenters. The molecule has 0 bridgehead atoms. The molecule has 0 fully saturated rings. The van der Waals surface area contributed by atoms with Crippen molar-refractivity contribution < 1.29 is 31.8 Å². The molecule has 2 rings (SSSR count). The van der Waals surface area contributed by atoms with E-state index in [1.807, 2.05) is 0 Å². The third-order valence-electron chi connectivity index (χ3n) is 5.49. The summed E-state index contributed by atoms with van der Waals surface area (Å²) in [7, 11) is -1.09. The number of hydrogen-bond donors (Lipinski definition) is 1. The van der Waals surface area contributed by atoms with Crippen molar-refractivity contribution in [3.05, 3.63) is 65.7 Å². The maximum absolute atomic E-state index is 14.0. The van der Waals surface area contributed by atoms with Gasteiger partial charge in [0, 0.05) is 33.3 Å². The van der Waals surface area contributed by atoms with Crippen molar-refractivity contribution in [3.8, 4) is 0 Å². The number of rotatable bonds is 11. The highest BCUT2D eigenvalue weighted by molar-refractivity contribution is 7.89. The van der Waals surface area contributed by atoms with Gasteiger partial charge in [0.2, 0.25) is 10.0 Å². The SMILES string of the molecule is CO[C@@H](CN(C)C(=O)c1ccccc1F)[C@@H](C)CN([C@@H](C)CO)S(=O)(=O)c1ccc(F)cc1. The number of ether oxygens (including phenoxy) is 1. The first kappa shape index (κ1) is 26.8. The maximum atomic E-state index is 14.0. The Balaban J connectivity index is 2.21. The molecule has 0 aliphatic carbocycles. The van der Waals surface area contributed by atoms with Gasteiger partial charge in [-0.15, -0.1) is 0 Å². The van der Waals surface area contributed by atoms with E-state index in [4.69, 9.17) is 4.74 Å². The van der Waals surface area contributed by atoms with Crippen molar-refractivity contribution in [1.82, 2.24) is 9.21 Å². The number of halogens is 2. The second-order valence-electron chi connectivity index (χ2n) is 7.98. The fourth-order valence-corrected chi connectivity index (χ4v) is 5.15. The van der Waals surface area contributed by atoms with Crippen LogP contribution in [0.15, 0.2) is 53.4 Å². The number of methoxy groups -OCH3 is 1. The predicted molar refractivity (Wildman–Crippen MR) is 120 cm³/mol. The molecule has 1 amide bonds. The molecule has 0 spiro atoms. The van der Waals surface area contributed by atoms with E-state index in [1.54, 1.807) is 19.9 Å². The number of sulfonamides is 1. The normalized spacial score (nSPS) is 14.7. The second kappa shape index (κ2) is 11.6. The Morgan fingerprint density at radius 3 is 2.21 bits per heavy atom. The summed E-state index contributed by atoms with van der Waals surface area (Å²) in [5.74, 6) is -2.13. The van der Waals surface area contributed by atoms with Gasteiger partial charge in [-0.1, -0.05) is 19.1 Å². The van der Waals surface area contributed by atoms with Gasteiger partial charge in [0.05, 0.1) is 23.2 Å². The zero-order valence-electron chi connectivity index (χ0n) is 19.1. The zero-order chi connectivity index (χ0) is 24.8. The van der Waals surface area contributed by atoms with Gasteiger partial charge in [-0.05, 0) is 49.2 Å². The third-order valence-corrected chi connectivity index (χ3v) is 7.48. The average molecular weight is 485 g/mol. The van der Waals surface area contributed by atoms with Gasteiger partial charge in [-0.2, -0.15) is 4.31 Å². The summed E-state index contributed by atoms with van der Waals surface area (Å²) in [6.45, 7) is 2.96. The molecular formula is C23H30F2N2O5S. The van der Waals surface area contributed by atoms with E-state index in [9.17, 15) is 27.1 Å². The number of hydrogen-bond acceptors (Lipinski definition) is 5. The highest BCUT2D eigenvalue weighted by atomic mass is 32.2. The highest BCUT2D eigenvalue weighted by Crippen LogP contribution is 2.22. The molecule has 0 aliphatic heterocycles. The van der Waals surface area contributed by atoms with Gasteiger partial charge in [0.1, 0.15) is 11.6 Å². The molecule has 10 heteroatoms. The molecule has 1 N–H and O–H groups in total. The maximum Gasteiger partial charge on any atom is 0.256 e. The van der Waals surface area contributed by atoms with E-state index in [-0.39, 0.29) is 23.5 Å². The van der Waals surface area contributed by atoms with Gasteiger partial charge >= 0.3 is 0 Å². The van der Waals surface area contributed by atoms with Gasteiger partial charge in [-0.25, -0.2) is 17.2 Å². The standard InChI is InChI=1S/C23H30F2N2O5S/c1-16(22(32-4)14-26(3)23(29)20-7-5-6-8-21(20)25)13-27(17(2)15-28)33(30,31)19-11-9-18(24)10-12-19/h5-12,16-17,22,28H,13-15H2,1-4H3/t16-,17-,22-/m0/s1. The summed E-state index contributed by atoms with van der Waals surface area (Å²) in [6, 6.07) is 9.34. The molecule has 2 aromatic rings. The molecule has 2 aromatic carbocycles. The molecule has 0 aromatic heterocycles. The Hall–Kier alpha value is -2.40. The van der Waals surface area contributed by atoms with E-state index < -0.39 is 52.2 Å². The van der Waals surface area contributed by atoms with Crippen molar-refractivity contribution in [2.75, 3.05) is 33.9 Å². The topological polar surface area (TPSA) is 87.2 Å². The Kier molecular flexibility index (Phi) is 9.47. The van der Waals surface area contributed by atoms with Crippen molar-refractivity contribution in [2.24, 2.45) is 5.92 Å². The van der Waals surface area contributed by atoms with E-state index in [0.29, 0.717) is 0 Å². The number of benzene rings is 2. The van der Waals surface area contributed by atoms with Crippen molar-refractivity contribution in [1.29, 1.82) is 0 Å². The number of likely N-dealkylation sites (N-methyl/N-ethyl adjacent to an activating group) is 1. The summed E-state index contributed by atoms with van der Waals surface area (Å²) in [5.41, 5.74) is -0.0723. The lowest BCUT2D eigenvalue weighted by Gasteiger charge is -2.33. The zero-order valence-corrected chi connectivity index (χ0v) is 19.9. The van der Waals surface area contributed by atoms with Crippen LogP contribution >= 0.6 is 0 Å². The molecule has 0 heterocycles. The molecule has 7 nitrogen and oxygen atoms in total. The third kappa shape index (κ3) is 6.57. The summed E-state index contributed by atoms with van der Waals surface area (Å²) in [6.07, 6.45) is -0.581. The van der Waals surface area contributed by atoms with Crippen LogP contribution < -0.4 is 0 Å². The van der Waals surface area contributed by atoms with Crippen LogP contribution in [0.5, 0.6) is 0 Å². The highest BCUT2D eigenvalue weighted by Gasteiger charge is 2.33. The average Bonchev–Trinajstić information content (AvgIpc) is 2.80. The number of aliphatic hydroxyl groups excluding tert-OH is 1. The van der Waals surface area contributed by atoms with E-state index >= 15 is 0 Å². The molecule has 0 aliphatic rings. The Labute approximate surface area is 193 Å². The second-order valence-corrected chi connectivity index (χ2v) is 9.87. The predicted octanol–water partition coefficient (Wildman–Crippen LogP) is 2.76. The quantitative estimate of drug-likeness (QED) is 0.530. The van der Waals surface area contributed by atoms with Crippen LogP contribution in [0.25, 0.3) is 0 Å². The van der Waals surface area contributed by atoms with E-state index in [1.165, 1.54) is 49.4 Å². The Bertz CT molecular complexity index is 1030. The van der Waals surface area contributed by atoms with Crippen molar-refractivity contribution >= 4 is 15.9 Å². The molecule has 33 heavy (non-hydrogen) atoms. The molecule has 0 saturated carbocycles. The van der Waals surface area contributed by atoms with Crippen LogP contribution in [0, 0.1) is 17.6 Å². The van der Waals surface area contributed by atoms with Crippen LogP contribution in [-0.4, -0.2) is 74.6 Å². The minimum Gasteiger partial charge on any atom is -0.395 e. The van der Waals surface area contributed by atoms with Crippen LogP contribution in [0.2, 0.25) is 0 Å². The monoisotopic (exact) mass is 484 g/mol. The number of carbonyl (C=O) groups excluding carboxylic acids is 1. The number of carbonyl (C=O) groups is 1. The van der Waals surface area contributed by atoms with Crippen LogP contribution in [0.3, 0.4) is 0 Å². The first-order valence-electron chi connectivity index (χ1n) is 10.4. The van der Waals surface area contributed by atoms with Crippen LogP contribution in [0.4, 0.5) is 8.78 Å². The van der Waals surface area contributed by atoms with E-state index in [2.05, 4.69) is 0 Å². The van der Waals surface area contributed by atoms with Crippen molar-refractivity contribution in [3.63, 3.8) is 0 Å². The van der Waals surface area contributed by atoms with Crippen LogP contribution in [-0.2, 0) is 14.8 Å². The number of nitrogens with zero attached hydrogens (tertiary/aromatic N) is 2. The van der Waals surface area contributed by atoms with Gasteiger partial charge in [-0.3, -0.25) is 4.79 Å². The molecular weight excluding hydrogens is 454 g/mol. The molecule has 182 valence electrons. The fourth-order valence-electron chi connectivity index (χ4n) is 3.43. The number of aliphatic hydroxyl groups is 1. The van der Waals surface area contributed by atoms with Gasteiger partial charge < -0.3 is 14.7 Å².